The molecule has 0 aliphatic carbocycles. The van der Waals surface area contributed by atoms with Gasteiger partial charge in [-0.15, -0.1) is 0 Å². The van der Waals surface area contributed by atoms with E-state index < -0.39 is 90.0 Å². The molecule has 0 fully saturated rings. The normalized spacial score (nSPS) is 12.3. The lowest BCUT2D eigenvalue weighted by Gasteiger charge is -2.20. The summed E-state index contributed by atoms with van der Waals surface area (Å²) in [6.07, 6.45) is -0.980. The Morgan fingerprint density at radius 1 is 1.06 bits per heavy atom. The molecule has 1 rings (SSSR count). The average Bonchev–Trinajstić information content (AvgIpc) is 2.74. The number of rotatable bonds is 10. The van der Waals surface area contributed by atoms with E-state index >= 15 is 0 Å². The molecule has 1 aromatic rings. The number of primary amides is 1. The molecule has 32 heavy (non-hydrogen) atoms. The highest BCUT2D eigenvalue weighted by atomic mass is 19.2. The molecule has 0 saturated carbocycles. The van der Waals surface area contributed by atoms with E-state index in [1.165, 1.54) is 5.48 Å². The van der Waals surface area contributed by atoms with Gasteiger partial charge in [0.1, 0.15) is 12.6 Å². The highest BCUT2D eigenvalue weighted by Gasteiger charge is 2.28. The minimum Gasteiger partial charge on any atom is -0.479 e. The maximum Gasteiger partial charge on any atom is 0.309 e. The molecule has 2 atom stereocenters. The maximum atomic E-state index is 13.7. The number of ether oxygens (including phenoxy) is 1. The largest absolute Gasteiger partial charge is 0.479 e. The summed E-state index contributed by atoms with van der Waals surface area (Å²) < 4.78 is 58.3. The van der Waals surface area contributed by atoms with E-state index in [0.717, 1.165) is 6.92 Å². The van der Waals surface area contributed by atoms with Crippen LogP contribution >= 0.6 is 0 Å². The molecule has 0 bridgehead atoms. The first-order valence-electron chi connectivity index (χ1n) is 8.71. The van der Waals surface area contributed by atoms with Crippen LogP contribution in [0.25, 0.3) is 0 Å². The first-order chi connectivity index (χ1) is 14.9. The molecule has 0 saturated heterocycles. The summed E-state index contributed by atoms with van der Waals surface area (Å²) in [6, 6.07) is -3.03. The van der Waals surface area contributed by atoms with Crippen LogP contribution in [0.5, 0.6) is 5.75 Å². The van der Waals surface area contributed by atoms with Gasteiger partial charge in [0, 0.05) is 12.5 Å². The van der Waals surface area contributed by atoms with Gasteiger partial charge >= 0.3 is 11.8 Å². The van der Waals surface area contributed by atoms with Crippen LogP contribution in [0.2, 0.25) is 0 Å². The van der Waals surface area contributed by atoms with Crippen molar-refractivity contribution in [2.24, 2.45) is 5.73 Å². The summed E-state index contributed by atoms with van der Waals surface area (Å²) in [7, 11) is 0. The maximum absolute atomic E-state index is 13.7. The molecule has 0 heterocycles. The fourth-order valence-electron chi connectivity index (χ4n) is 2.20. The molecule has 11 nitrogen and oxygen atoms in total. The van der Waals surface area contributed by atoms with E-state index in [9.17, 15) is 41.5 Å². The van der Waals surface area contributed by atoms with Crippen LogP contribution in [0.4, 0.5) is 17.6 Å². The Hall–Kier alpha value is -3.75. The number of benzene rings is 1. The Bertz CT molecular complexity index is 902. The summed E-state index contributed by atoms with van der Waals surface area (Å²) in [5.41, 5.74) is 6.01. The average molecular weight is 466 g/mol. The molecule has 0 radical (unpaired) electrons. The quantitative estimate of drug-likeness (QED) is 0.0960. The molecule has 0 spiro atoms. The highest BCUT2D eigenvalue weighted by molar-refractivity contribution is 6.34. The van der Waals surface area contributed by atoms with Crippen LogP contribution in [-0.4, -0.2) is 53.3 Å². The number of hydroxylamine groups is 1. The zero-order chi connectivity index (χ0) is 24.6. The number of carbonyl (C=O) groups excluding carboxylic acids is 5. The summed E-state index contributed by atoms with van der Waals surface area (Å²) >= 11 is 0. The Labute approximate surface area is 177 Å². The number of nitrogens with one attached hydrogen (secondary N) is 3. The number of hydrogen-bond donors (Lipinski definition) is 5. The lowest BCUT2D eigenvalue weighted by atomic mass is 10.1. The van der Waals surface area contributed by atoms with Crippen molar-refractivity contribution in [3.8, 4) is 5.75 Å². The van der Waals surface area contributed by atoms with Gasteiger partial charge in [-0.05, 0) is 13.3 Å². The number of hydrogen-bond acceptors (Lipinski definition) is 7. The summed E-state index contributed by atoms with van der Waals surface area (Å²) in [5, 5.41) is 12.5. The van der Waals surface area contributed by atoms with Crippen molar-refractivity contribution in [1.29, 1.82) is 0 Å². The smallest absolute Gasteiger partial charge is 0.309 e. The molecule has 4 amide bonds. The molecule has 176 valence electrons. The van der Waals surface area contributed by atoms with Gasteiger partial charge in [-0.1, -0.05) is 0 Å². The number of nitrogens with two attached hydrogens (primary N) is 1. The number of Topliss-reactive ketones (excluding diaryl/α,β-unsaturated/α-hetero) is 1. The van der Waals surface area contributed by atoms with Gasteiger partial charge in [0.25, 0.3) is 0 Å². The summed E-state index contributed by atoms with van der Waals surface area (Å²) in [6.45, 7) is -0.0701. The number of carbonyl (C=O) groups is 5. The molecule has 0 aromatic heterocycles. The van der Waals surface area contributed by atoms with Crippen molar-refractivity contribution >= 4 is 29.4 Å². The van der Waals surface area contributed by atoms with Crippen LogP contribution in [0.1, 0.15) is 19.8 Å². The van der Waals surface area contributed by atoms with Crippen molar-refractivity contribution in [3.05, 3.63) is 29.3 Å². The van der Waals surface area contributed by atoms with Crippen LogP contribution in [-0.2, 0) is 24.0 Å². The van der Waals surface area contributed by atoms with Crippen molar-refractivity contribution in [2.45, 2.75) is 31.8 Å². The van der Waals surface area contributed by atoms with Crippen molar-refractivity contribution in [1.82, 2.24) is 16.1 Å². The molecule has 0 unspecified atom stereocenters. The molecule has 15 heteroatoms. The Kier molecular flexibility index (Phi) is 9.52. The topological polar surface area (TPSA) is 177 Å². The Balaban J connectivity index is 2.94. The van der Waals surface area contributed by atoms with Crippen molar-refractivity contribution < 1.29 is 51.5 Å². The van der Waals surface area contributed by atoms with Crippen molar-refractivity contribution in [3.63, 3.8) is 0 Å². The zero-order valence-corrected chi connectivity index (χ0v) is 16.3. The second kappa shape index (κ2) is 11.6. The van der Waals surface area contributed by atoms with Gasteiger partial charge in [-0.3, -0.25) is 29.2 Å². The third-order valence-electron chi connectivity index (χ3n) is 3.88. The monoisotopic (exact) mass is 466 g/mol. The first-order valence-corrected chi connectivity index (χ1v) is 8.71. The predicted molar refractivity (Wildman–Crippen MR) is 94.7 cm³/mol. The first kappa shape index (κ1) is 26.3. The second-order valence-electron chi connectivity index (χ2n) is 6.25. The van der Waals surface area contributed by atoms with Gasteiger partial charge in [0.05, 0.1) is 6.04 Å². The summed E-state index contributed by atoms with van der Waals surface area (Å²) in [4.78, 5) is 57.7. The predicted octanol–water partition coefficient (Wildman–Crippen LogP) is -1.05. The Morgan fingerprint density at radius 2 is 1.62 bits per heavy atom. The molecule has 0 aliphatic heterocycles. The van der Waals surface area contributed by atoms with Gasteiger partial charge in [0.2, 0.25) is 23.4 Å². The lowest BCUT2D eigenvalue weighted by molar-refractivity contribution is -0.139. The van der Waals surface area contributed by atoms with Crippen LogP contribution < -0.4 is 26.6 Å². The standard InChI is InChI=1S/C17H18F4N4O7/c1-6(23-17(30)15(22)28)16(29)24-9(2-3-11(27)25-31)10(26)5-32-14-12(20)7(18)4-8(19)13(14)21/h4,6,9,31H,2-3,5H2,1H3,(H2,22,28)(H,23,30)(H,24,29)(H,25,27)/t6-,9-/m0/s1. The van der Waals surface area contributed by atoms with Crippen LogP contribution in [0, 0.1) is 23.3 Å². The minimum atomic E-state index is -1.90. The van der Waals surface area contributed by atoms with Crippen molar-refractivity contribution in [2.75, 3.05) is 6.61 Å². The third kappa shape index (κ3) is 7.19. The highest BCUT2D eigenvalue weighted by Crippen LogP contribution is 2.26. The van der Waals surface area contributed by atoms with E-state index in [4.69, 9.17) is 10.9 Å². The number of amides is 4. The molecular weight excluding hydrogens is 448 g/mol. The van der Waals surface area contributed by atoms with Crippen LogP contribution in [0.3, 0.4) is 0 Å². The SMILES string of the molecule is C[C@H](NC(=O)C(N)=O)C(=O)N[C@@H](CCC(=O)NO)C(=O)COc1c(F)c(F)cc(F)c1F. The van der Waals surface area contributed by atoms with Crippen LogP contribution in [0.15, 0.2) is 6.07 Å². The molecule has 1 aromatic carbocycles. The van der Waals surface area contributed by atoms with Gasteiger partial charge in [-0.2, -0.15) is 8.78 Å². The van der Waals surface area contributed by atoms with E-state index in [1.54, 1.807) is 0 Å². The minimum absolute atomic E-state index is 0.0718. The van der Waals surface area contributed by atoms with Gasteiger partial charge in [-0.25, -0.2) is 14.3 Å². The molecule has 0 aliphatic rings. The van der Waals surface area contributed by atoms with E-state index in [-0.39, 0.29) is 6.07 Å². The summed E-state index contributed by atoms with van der Waals surface area (Å²) in [5.74, 6) is -14.7. The number of ketones is 1. The lowest BCUT2D eigenvalue weighted by Crippen LogP contribution is -2.53. The Morgan fingerprint density at radius 3 is 2.12 bits per heavy atom. The zero-order valence-electron chi connectivity index (χ0n) is 16.3. The third-order valence-corrected chi connectivity index (χ3v) is 3.88. The van der Waals surface area contributed by atoms with E-state index in [2.05, 4.69) is 10.1 Å². The molecular formula is C17H18F4N4O7. The van der Waals surface area contributed by atoms with Gasteiger partial charge in [0.15, 0.2) is 23.2 Å². The molecule has 6 N–H and O–H groups in total. The fraction of sp³-hybridized carbons (Fsp3) is 0.353. The van der Waals surface area contributed by atoms with E-state index in [1.807, 2.05) is 5.32 Å². The van der Waals surface area contributed by atoms with Gasteiger partial charge < -0.3 is 21.1 Å². The number of halogens is 4. The van der Waals surface area contributed by atoms with E-state index in [0.29, 0.717) is 0 Å². The fourth-order valence-corrected chi connectivity index (χ4v) is 2.20. The second-order valence-corrected chi connectivity index (χ2v) is 6.25.